The molecule has 2 heteroatoms. The second-order valence-corrected chi connectivity index (χ2v) is 4.37. The van der Waals surface area contributed by atoms with Crippen LogP contribution in [0, 0.1) is 5.92 Å². The van der Waals surface area contributed by atoms with Crippen molar-refractivity contribution < 1.29 is 4.79 Å². The van der Waals surface area contributed by atoms with E-state index in [0.717, 1.165) is 28.3 Å². The smallest absolute Gasteiger partial charge is 0.146 e. The van der Waals surface area contributed by atoms with E-state index < -0.39 is 0 Å². The Morgan fingerprint density at radius 2 is 2.12 bits per heavy atom. The van der Waals surface area contributed by atoms with Crippen LogP contribution in [0.4, 0.5) is 0 Å². The molecule has 0 N–H and O–H groups in total. The molecule has 17 heavy (non-hydrogen) atoms. The zero-order chi connectivity index (χ0) is 12.3. The molecule has 0 unspecified atom stereocenters. The summed E-state index contributed by atoms with van der Waals surface area (Å²) in [5, 5.41) is 1.09. The summed E-state index contributed by atoms with van der Waals surface area (Å²) >= 11 is 0. The van der Waals surface area contributed by atoms with Gasteiger partial charge in [0, 0.05) is 11.6 Å². The lowest BCUT2D eigenvalue weighted by Gasteiger charge is -2.04. The molecule has 0 saturated heterocycles. The van der Waals surface area contributed by atoms with Crippen LogP contribution in [-0.2, 0) is 4.79 Å². The summed E-state index contributed by atoms with van der Waals surface area (Å²) in [6, 6.07) is 9.95. The first kappa shape index (κ1) is 11.5. The van der Waals surface area contributed by atoms with E-state index in [-0.39, 0.29) is 5.92 Å². The first-order valence-corrected chi connectivity index (χ1v) is 5.72. The average molecular weight is 225 g/mol. The van der Waals surface area contributed by atoms with Crippen LogP contribution in [0.25, 0.3) is 17.0 Å². The number of hydrogen-bond donors (Lipinski definition) is 0. The summed E-state index contributed by atoms with van der Waals surface area (Å²) in [5.74, 6) is 0.247. The van der Waals surface area contributed by atoms with Gasteiger partial charge in [0.05, 0.1) is 5.52 Å². The summed E-state index contributed by atoms with van der Waals surface area (Å²) in [6.45, 7) is 4.03. The number of nitrogens with zero attached hydrogens (tertiary/aromatic N) is 1. The minimum absolute atomic E-state index is 0.247. The third-order valence-corrected chi connectivity index (χ3v) is 2.76. The summed E-state index contributed by atoms with van der Waals surface area (Å²) in [6.07, 6.45) is 4.64. The SMILES string of the molecule is CC(C)C(C=O)=Cc1ccc2ncccc2c1. The molecule has 86 valence electrons. The molecule has 0 aliphatic heterocycles. The fourth-order valence-corrected chi connectivity index (χ4v) is 1.71. The number of rotatable bonds is 3. The van der Waals surface area contributed by atoms with Gasteiger partial charge in [-0.3, -0.25) is 9.78 Å². The molecule has 0 fully saturated rings. The fourth-order valence-electron chi connectivity index (χ4n) is 1.71. The number of carbonyl (C=O) groups is 1. The molecular formula is C15H15NO. The molecule has 0 bridgehead atoms. The highest BCUT2D eigenvalue weighted by Gasteiger charge is 2.02. The molecule has 0 atom stereocenters. The van der Waals surface area contributed by atoms with E-state index in [9.17, 15) is 4.79 Å². The van der Waals surface area contributed by atoms with Crippen LogP contribution in [0.15, 0.2) is 42.1 Å². The van der Waals surface area contributed by atoms with Crippen molar-refractivity contribution in [3.8, 4) is 0 Å². The summed E-state index contributed by atoms with van der Waals surface area (Å²) in [7, 11) is 0. The third-order valence-electron chi connectivity index (χ3n) is 2.76. The van der Waals surface area contributed by atoms with E-state index in [2.05, 4.69) is 4.98 Å². The van der Waals surface area contributed by atoms with Gasteiger partial charge in [0.15, 0.2) is 0 Å². The predicted octanol–water partition coefficient (Wildman–Crippen LogP) is 3.47. The molecule has 0 saturated carbocycles. The monoisotopic (exact) mass is 225 g/mol. The van der Waals surface area contributed by atoms with Crippen molar-refractivity contribution in [1.82, 2.24) is 4.98 Å². The molecule has 2 rings (SSSR count). The minimum Gasteiger partial charge on any atom is -0.298 e. The van der Waals surface area contributed by atoms with Crippen LogP contribution in [0.1, 0.15) is 19.4 Å². The van der Waals surface area contributed by atoms with Crippen LogP contribution in [0.3, 0.4) is 0 Å². The summed E-state index contributed by atoms with van der Waals surface area (Å²) < 4.78 is 0. The number of benzene rings is 1. The molecule has 0 aliphatic carbocycles. The highest BCUT2D eigenvalue weighted by Crippen LogP contribution is 2.17. The van der Waals surface area contributed by atoms with Gasteiger partial charge in [-0.05, 0) is 41.3 Å². The Kier molecular flexibility index (Phi) is 3.33. The average Bonchev–Trinajstić information content (AvgIpc) is 2.35. The van der Waals surface area contributed by atoms with Crippen molar-refractivity contribution in [2.45, 2.75) is 13.8 Å². The molecule has 0 aliphatic rings. The summed E-state index contributed by atoms with van der Waals surface area (Å²) in [5.41, 5.74) is 2.83. The lowest BCUT2D eigenvalue weighted by atomic mass is 10.0. The number of hydrogen-bond acceptors (Lipinski definition) is 2. The lowest BCUT2D eigenvalue weighted by molar-refractivity contribution is -0.105. The maximum atomic E-state index is 10.9. The Balaban J connectivity index is 2.46. The molecule has 2 nitrogen and oxygen atoms in total. The molecule has 1 aromatic heterocycles. The van der Waals surface area contributed by atoms with Gasteiger partial charge >= 0.3 is 0 Å². The van der Waals surface area contributed by atoms with Gasteiger partial charge in [0.1, 0.15) is 6.29 Å². The van der Waals surface area contributed by atoms with Gasteiger partial charge in [-0.2, -0.15) is 0 Å². The maximum Gasteiger partial charge on any atom is 0.146 e. The summed E-state index contributed by atoms with van der Waals surface area (Å²) in [4.78, 5) is 15.2. The van der Waals surface area contributed by atoms with Gasteiger partial charge in [-0.25, -0.2) is 0 Å². The quantitative estimate of drug-likeness (QED) is 0.591. The second kappa shape index (κ2) is 4.91. The first-order chi connectivity index (χ1) is 8.20. The van der Waals surface area contributed by atoms with E-state index in [1.165, 1.54) is 0 Å². The standard InChI is InChI=1S/C15H15NO/c1-11(2)14(10-17)9-12-5-6-15-13(8-12)4-3-7-16-15/h3-11H,1-2H3. The highest BCUT2D eigenvalue weighted by atomic mass is 16.1. The Bertz CT molecular complexity index is 570. The lowest BCUT2D eigenvalue weighted by Crippen LogP contribution is -1.94. The van der Waals surface area contributed by atoms with Crippen molar-refractivity contribution in [2.24, 2.45) is 5.92 Å². The van der Waals surface area contributed by atoms with Gasteiger partial charge in [-0.1, -0.05) is 26.0 Å². The van der Waals surface area contributed by atoms with Crippen molar-refractivity contribution in [3.63, 3.8) is 0 Å². The highest BCUT2D eigenvalue weighted by molar-refractivity contribution is 5.86. The van der Waals surface area contributed by atoms with E-state index in [0.29, 0.717) is 0 Å². The first-order valence-electron chi connectivity index (χ1n) is 5.72. The molecule has 0 amide bonds. The Labute approximate surface area is 101 Å². The number of aromatic nitrogens is 1. The second-order valence-electron chi connectivity index (χ2n) is 4.37. The van der Waals surface area contributed by atoms with Crippen LogP contribution < -0.4 is 0 Å². The van der Waals surface area contributed by atoms with Gasteiger partial charge in [0.25, 0.3) is 0 Å². The van der Waals surface area contributed by atoms with E-state index >= 15 is 0 Å². The van der Waals surface area contributed by atoms with Gasteiger partial charge in [-0.15, -0.1) is 0 Å². The number of allylic oxidation sites excluding steroid dienone is 1. The van der Waals surface area contributed by atoms with Crippen molar-refractivity contribution in [2.75, 3.05) is 0 Å². The largest absolute Gasteiger partial charge is 0.298 e. The number of pyridine rings is 1. The van der Waals surface area contributed by atoms with Crippen molar-refractivity contribution in [1.29, 1.82) is 0 Å². The Hall–Kier alpha value is -1.96. The molecule has 1 aromatic carbocycles. The van der Waals surface area contributed by atoms with Crippen molar-refractivity contribution in [3.05, 3.63) is 47.7 Å². The predicted molar refractivity (Wildman–Crippen MR) is 70.6 cm³/mol. The van der Waals surface area contributed by atoms with E-state index in [1.54, 1.807) is 6.20 Å². The Morgan fingerprint density at radius 1 is 1.29 bits per heavy atom. The minimum atomic E-state index is 0.247. The maximum absolute atomic E-state index is 10.9. The zero-order valence-corrected chi connectivity index (χ0v) is 10.1. The van der Waals surface area contributed by atoms with Crippen LogP contribution in [-0.4, -0.2) is 11.3 Å². The number of fused-ring (bicyclic) bond motifs is 1. The molecule has 0 spiro atoms. The van der Waals surface area contributed by atoms with Gasteiger partial charge < -0.3 is 0 Å². The van der Waals surface area contributed by atoms with E-state index in [4.69, 9.17) is 0 Å². The molecule has 0 radical (unpaired) electrons. The normalized spacial score (nSPS) is 12.1. The van der Waals surface area contributed by atoms with Crippen LogP contribution in [0.2, 0.25) is 0 Å². The topological polar surface area (TPSA) is 30.0 Å². The number of carbonyl (C=O) groups excluding carboxylic acids is 1. The van der Waals surface area contributed by atoms with Crippen LogP contribution >= 0.6 is 0 Å². The van der Waals surface area contributed by atoms with E-state index in [1.807, 2.05) is 50.3 Å². The molecule has 1 heterocycles. The number of aldehydes is 1. The molecule has 2 aromatic rings. The molecular weight excluding hydrogens is 210 g/mol. The zero-order valence-electron chi connectivity index (χ0n) is 10.1. The van der Waals surface area contributed by atoms with Crippen LogP contribution in [0.5, 0.6) is 0 Å². The third kappa shape index (κ3) is 2.59. The Morgan fingerprint density at radius 3 is 2.82 bits per heavy atom. The fraction of sp³-hybridized carbons (Fsp3) is 0.200. The van der Waals surface area contributed by atoms with Crippen molar-refractivity contribution >= 4 is 23.3 Å². The van der Waals surface area contributed by atoms with Gasteiger partial charge in [0.2, 0.25) is 0 Å².